The van der Waals surface area contributed by atoms with Crippen molar-refractivity contribution in [3.8, 4) is 12.3 Å². The summed E-state index contributed by atoms with van der Waals surface area (Å²) in [5.41, 5.74) is 1.42. The fourth-order valence-corrected chi connectivity index (χ4v) is 1.56. The van der Waals surface area contributed by atoms with Crippen LogP contribution in [0.25, 0.3) is 0 Å². The summed E-state index contributed by atoms with van der Waals surface area (Å²) in [6, 6.07) is 8.07. The third kappa shape index (κ3) is 3.11. The molecule has 15 heavy (non-hydrogen) atoms. The lowest BCUT2D eigenvalue weighted by atomic mass is 9.90. The van der Waals surface area contributed by atoms with Crippen LogP contribution in [0.3, 0.4) is 0 Å². The molecule has 1 heteroatoms. The van der Waals surface area contributed by atoms with Crippen molar-refractivity contribution >= 4 is 0 Å². The van der Waals surface area contributed by atoms with Crippen LogP contribution in [0.4, 0.5) is 0 Å². The molecule has 0 radical (unpaired) electrons. The van der Waals surface area contributed by atoms with Gasteiger partial charge in [-0.1, -0.05) is 31.2 Å². The van der Waals surface area contributed by atoms with E-state index in [9.17, 15) is 5.11 Å². The summed E-state index contributed by atoms with van der Waals surface area (Å²) in [6.45, 7) is 3.93. The maximum absolute atomic E-state index is 10.2. The smallest absolute Gasteiger partial charge is 0.0877 e. The van der Waals surface area contributed by atoms with Gasteiger partial charge in [-0.2, -0.15) is 0 Å². The molecule has 0 amide bonds. The first-order chi connectivity index (χ1) is 7.10. The lowest BCUT2D eigenvalue weighted by Crippen LogP contribution is -2.20. The van der Waals surface area contributed by atoms with E-state index in [0.29, 0.717) is 12.8 Å². The number of benzene rings is 1. The van der Waals surface area contributed by atoms with Crippen molar-refractivity contribution in [1.29, 1.82) is 0 Å². The molecule has 1 aromatic carbocycles. The minimum atomic E-state index is -0.807. The van der Waals surface area contributed by atoms with Crippen LogP contribution in [0.15, 0.2) is 24.3 Å². The number of aliphatic hydroxyl groups is 1. The number of rotatable bonds is 4. The normalized spacial score (nSPS) is 14.3. The fourth-order valence-electron chi connectivity index (χ4n) is 1.56. The van der Waals surface area contributed by atoms with Gasteiger partial charge in [-0.15, -0.1) is 12.3 Å². The highest BCUT2D eigenvalue weighted by Crippen LogP contribution is 2.25. The van der Waals surface area contributed by atoms with E-state index >= 15 is 0 Å². The number of aryl methyl sites for hydroxylation is 1. The summed E-state index contributed by atoms with van der Waals surface area (Å²) in [6.07, 6.45) is 7.42. The zero-order chi connectivity index (χ0) is 11.3. The van der Waals surface area contributed by atoms with Gasteiger partial charge in [0, 0.05) is 6.42 Å². The van der Waals surface area contributed by atoms with E-state index in [1.54, 1.807) is 0 Å². The van der Waals surface area contributed by atoms with Crippen LogP contribution in [0.1, 0.15) is 37.8 Å². The summed E-state index contributed by atoms with van der Waals surface area (Å²) in [5.74, 6) is 2.56. The third-order valence-electron chi connectivity index (χ3n) is 2.74. The predicted molar refractivity (Wildman–Crippen MR) is 63.5 cm³/mol. The fraction of sp³-hybridized carbons (Fsp3) is 0.429. The van der Waals surface area contributed by atoms with Crippen LogP contribution in [0, 0.1) is 12.3 Å². The molecule has 0 saturated carbocycles. The second kappa shape index (κ2) is 5.00. The molecule has 1 atom stereocenters. The van der Waals surface area contributed by atoms with Crippen molar-refractivity contribution in [2.24, 2.45) is 0 Å². The highest BCUT2D eigenvalue weighted by molar-refractivity contribution is 5.26. The Balaban J connectivity index is 2.81. The first-order valence-corrected chi connectivity index (χ1v) is 5.35. The van der Waals surface area contributed by atoms with Crippen molar-refractivity contribution in [2.75, 3.05) is 0 Å². The largest absolute Gasteiger partial charge is 0.385 e. The molecule has 80 valence electrons. The second-order valence-corrected chi connectivity index (χ2v) is 4.03. The van der Waals surface area contributed by atoms with Gasteiger partial charge in [-0.25, -0.2) is 0 Å². The topological polar surface area (TPSA) is 20.2 Å². The lowest BCUT2D eigenvalue weighted by Gasteiger charge is -2.23. The first kappa shape index (κ1) is 11.8. The Bertz CT molecular complexity index is 341. The molecule has 0 aromatic heterocycles. The van der Waals surface area contributed by atoms with E-state index in [-0.39, 0.29) is 0 Å². The Hall–Kier alpha value is -1.26. The Kier molecular flexibility index (Phi) is 3.94. The highest BCUT2D eigenvalue weighted by atomic mass is 16.3. The van der Waals surface area contributed by atoms with Crippen LogP contribution in [-0.2, 0) is 12.0 Å². The number of terminal acetylenes is 1. The van der Waals surface area contributed by atoms with Crippen LogP contribution in [-0.4, -0.2) is 5.11 Å². The van der Waals surface area contributed by atoms with Crippen molar-refractivity contribution in [3.63, 3.8) is 0 Å². The molecule has 0 spiro atoms. The zero-order valence-corrected chi connectivity index (χ0v) is 9.46. The van der Waals surface area contributed by atoms with E-state index in [1.165, 1.54) is 5.56 Å². The summed E-state index contributed by atoms with van der Waals surface area (Å²) in [5, 5.41) is 10.2. The average molecular weight is 202 g/mol. The second-order valence-electron chi connectivity index (χ2n) is 4.03. The first-order valence-electron chi connectivity index (χ1n) is 5.35. The number of hydrogen-bond donors (Lipinski definition) is 1. The Labute approximate surface area is 92.1 Å². The molecule has 1 N–H and O–H groups in total. The molecule has 1 nitrogen and oxygen atoms in total. The van der Waals surface area contributed by atoms with Gasteiger partial charge < -0.3 is 5.11 Å². The quantitative estimate of drug-likeness (QED) is 0.744. The van der Waals surface area contributed by atoms with Crippen molar-refractivity contribution in [3.05, 3.63) is 35.4 Å². The molecule has 1 rings (SSSR count). The average Bonchev–Trinajstić information content (AvgIpc) is 2.26. The molecular formula is C14H18O. The van der Waals surface area contributed by atoms with Gasteiger partial charge in [0.25, 0.3) is 0 Å². The maximum atomic E-state index is 10.2. The summed E-state index contributed by atoms with van der Waals surface area (Å²) in [4.78, 5) is 0. The van der Waals surface area contributed by atoms with Crippen LogP contribution in [0.5, 0.6) is 0 Å². The molecule has 0 heterocycles. The van der Waals surface area contributed by atoms with Gasteiger partial charge >= 0.3 is 0 Å². The molecule has 0 aliphatic carbocycles. The Morgan fingerprint density at radius 2 is 1.93 bits per heavy atom. The molecule has 1 aromatic rings. The standard InChI is InChI=1S/C14H18O/c1-4-6-11-14(3,15)13-9-7-12(5-2)8-10-13/h1,7-10,15H,5-6,11H2,2-3H3. The van der Waals surface area contributed by atoms with E-state index in [4.69, 9.17) is 6.42 Å². The van der Waals surface area contributed by atoms with E-state index in [2.05, 4.69) is 25.0 Å². The minimum Gasteiger partial charge on any atom is -0.385 e. The SMILES string of the molecule is C#CCCC(C)(O)c1ccc(CC)cc1. The van der Waals surface area contributed by atoms with E-state index < -0.39 is 5.60 Å². The maximum Gasteiger partial charge on any atom is 0.0877 e. The van der Waals surface area contributed by atoms with Gasteiger partial charge in [0.2, 0.25) is 0 Å². The molecule has 0 fully saturated rings. The van der Waals surface area contributed by atoms with Crippen molar-refractivity contribution in [1.82, 2.24) is 0 Å². The number of hydrogen-bond acceptors (Lipinski definition) is 1. The van der Waals surface area contributed by atoms with Crippen LogP contribution in [0.2, 0.25) is 0 Å². The molecular weight excluding hydrogens is 184 g/mol. The molecule has 1 unspecified atom stereocenters. The highest BCUT2D eigenvalue weighted by Gasteiger charge is 2.21. The van der Waals surface area contributed by atoms with Gasteiger partial charge in [0.1, 0.15) is 0 Å². The van der Waals surface area contributed by atoms with Gasteiger partial charge in [-0.05, 0) is 30.9 Å². The third-order valence-corrected chi connectivity index (χ3v) is 2.74. The van der Waals surface area contributed by atoms with Crippen molar-refractivity contribution in [2.45, 2.75) is 38.7 Å². The Morgan fingerprint density at radius 1 is 1.33 bits per heavy atom. The zero-order valence-electron chi connectivity index (χ0n) is 9.46. The summed E-state index contributed by atoms with van der Waals surface area (Å²) >= 11 is 0. The molecule has 0 bridgehead atoms. The van der Waals surface area contributed by atoms with Crippen LogP contribution < -0.4 is 0 Å². The molecule has 0 aliphatic heterocycles. The van der Waals surface area contributed by atoms with Crippen LogP contribution >= 0.6 is 0 Å². The lowest BCUT2D eigenvalue weighted by molar-refractivity contribution is 0.0494. The minimum absolute atomic E-state index is 0.600. The van der Waals surface area contributed by atoms with Gasteiger partial charge in [0.15, 0.2) is 0 Å². The van der Waals surface area contributed by atoms with E-state index in [1.807, 2.05) is 19.1 Å². The molecule has 0 saturated heterocycles. The summed E-state index contributed by atoms with van der Waals surface area (Å²) in [7, 11) is 0. The Morgan fingerprint density at radius 3 is 2.40 bits per heavy atom. The van der Waals surface area contributed by atoms with E-state index in [0.717, 1.165) is 12.0 Å². The predicted octanol–water partition coefficient (Wildman–Crippen LogP) is 2.87. The monoisotopic (exact) mass is 202 g/mol. The van der Waals surface area contributed by atoms with Gasteiger partial charge in [-0.3, -0.25) is 0 Å². The summed E-state index contributed by atoms with van der Waals surface area (Å²) < 4.78 is 0. The molecule has 0 aliphatic rings. The van der Waals surface area contributed by atoms with Gasteiger partial charge in [0.05, 0.1) is 5.60 Å². The van der Waals surface area contributed by atoms with Crippen molar-refractivity contribution < 1.29 is 5.11 Å².